The highest BCUT2D eigenvalue weighted by atomic mass is 35.5. The summed E-state index contributed by atoms with van der Waals surface area (Å²) in [6, 6.07) is 14.2. The average Bonchev–Trinajstić information content (AvgIpc) is 2.65. The quantitative estimate of drug-likeness (QED) is 0.647. The molecule has 0 bridgehead atoms. The van der Waals surface area contributed by atoms with E-state index in [1.807, 2.05) is 30.3 Å². The number of hydrogen-bond donors (Lipinski definition) is 2. The Kier molecular flexibility index (Phi) is 5.66. The Morgan fingerprint density at radius 3 is 2.72 bits per heavy atom. The second kappa shape index (κ2) is 8.12. The predicted octanol–water partition coefficient (Wildman–Crippen LogP) is 3.54. The summed E-state index contributed by atoms with van der Waals surface area (Å²) in [5, 5.41) is 7.25. The Labute approximate surface area is 153 Å². The first kappa shape index (κ1) is 17.4. The van der Waals surface area contributed by atoms with E-state index in [0.717, 1.165) is 11.5 Å². The highest BCUT2D eigenvalue weighted by Gasteiger charge is 2.16. The number of benzene rings is 2. The maximum atomic E-state index is 6.28. The van der Waals surface area contributed by atoms with Crippen LogP contribution in [0.3, 0.4) is 0 Å². The minimum absolute atomic E-state index is 0.149. The van der Waals surface area contributed by atoms with Crippen LogP contribution in [0.15, 0.2) is 47.5 Å². The molecule has 2 aromatic carbocycles. The molecule has 6 heteroatoms. The van der Waals surface area contributed by atoms with Gasteiger partial charge < -0.3 is 20.1 Å². The number of rotatable bonds is 4. The van der Waals surface area contributed by atoms with Crippen LogP contribution in [0.25, 0.3) is 0 Å². The van der Waals surface area contributed by atoms with Crippen molar-refractivity contribution in [3.8, 4) is 11.5 Å². The SMILES string of the molecule is CN=C(NCc1cc(Cl)c2c(c1)OCCO2)NC(C)c1ccccc1. The van der Waals surface area contributed by atoms with E-state index in [4.69, 9.17) is 21.1 Å². The molecule has 0 fully saturated rings. The van der Waals surface area contributed by atoms with Crippen molar-refractivity contribution in [1.29, 1.82) is 0 Å². The lowest BCUT2D eigenvalue weighted by molar-refractivity contribution is 0.171. The third-order valence-electron chi connectivity index (χ3n) is 3.99. The Hall–Kier alpha value is -2.40. The van der Waals surface area contributed by atoms with Gasteiger partial charge in [0, 0.05) is 13.6 Å². The van der Waals surface area contributed by atoms with E-state index >= 15 is 0 Å². The van der Waals surface area contributed by atoms with Crippen molar-refractivity contribution >= 4 is 17.6 Å². The number of nitrogens with one attached hydrogen (secondary N) is 2. The summed E-state index contributed by atoms with van der Waals surface area (Å²) < 4.78 is 11.2. The van der Waals surface area contributed by atoms with E-state index < -0.39 is 0 Å². The van der Waals surface area contributed by atoms with Crippen LogP contribution in [0.2, 0.25) is 5.02 Å². The summed E-state index contributed by atoms with van der Waals surface area (Å²) in [7, 11) is 1.75. The fourth-order valence-electron chi connectivity index (χ4n) is 2.68. The molecule has 1 atom stereocenters. The summed E-state index contributed by atoms with van der Waals surface area (Å²) in [5.74, 6) is 2.04. The standard InChI is InChI=1S/C19H22ClN3O2/c1-13(15-6-4-3-5-7-15)23-19(21-2)22-12-14-10-16(20)18-17(11-14)24-8-9-25-18/h3-7,10-11,13H,8-9,12H2,1-2H3,(H2,21,22,23). The largest absolute Gasteiger partial charge is 0.486 e. The molecule has 25 heavy (non-hydrogen) atoms. The molecule has 1 aliphatic rings. The van der Waals surface area contributed by atoms with Crippen LogP contribution in [-0.2, 0) is 6.54 Å². The van der Waals surface area contributed by atoms with Crippen LogP contribution in [0.1, 0.15) is 24.1 Å². The third kappa shape index (κ3) is 4.37. The summed E-state index contributed by atoms with van der Waals surface area (Å²) in [6.07, 6.45) is 0. The van der Waals surface area contributed by atoms with E-state index in [9.17, 15) is 0 Å². The molecular formula is C19H22ClN3O2. The topological polar surface area (TPSA) is 54.9 Å². The molecule has 0 radical (unpaired) electrons. The second-order valence-electron chi connectivity index (χ2n) is 5.80. The molecule has 2 N–H and O–H groups in total. The van der Waals surface area contributed by atoms with Gasteiger partial charge in [0.25, 0.3) is 0 Å². The van der Waals surface area contributed by atoms with Crippen molar-refractivity contribution in [2.45, 2.75) is 19.5 Å². The fourth-order valence-corrected chi connectivity index (χ4v) is 2.96. The zero-order valence-corrected chi connectivity index (χ0v) is 15.1. The maximum absolute atomic E-state index is 6.28. The van der Waals surface area contributed by atoms with Gasteiger partial charge in [-0.25, -0.2) is 0 Å². The van der Waals surface area contributed by atoms with Gasteiger partial charge in [0.15, 0.2) is 17.5 Å². The Morgan fingerprint density at radius 2 is 1.96 bits per heavy atom. The zero-order valence-electron chi connectivity index (χ0n) is 14.4. The molecule has 1 aliphatic heterocycles. The number of aliphatic imine (C=N–C) groups is 1. The van der Waals surface area contributed by atoms with Crippen LogP contribution in [0, 0.1) is 0 Å². The van der Waals surface area contributed by atoms with E-state index in [1.165, 1.54) is 5.56 Å². The molecule has 0 amide bonds. The Bertz CT molecular complexity index is 750. The van der Waals surface area contributed by atoms with Gasteiger partial charge in [-0.15, -0.1) is 0 Å². The molecule has 0 saturated heterocycles. The monoisotopic (exact) mass is 359 g/mol. The van der Waals surface area contributed by atoms with Gasteiger partial charge in [0.1, 0.15) is 13.2 Å². The van der Waals surface area contributed by atoms with Crippen LogP contribution >= 0.6 is 11.6 Å². The maximum Gasteiger partial charge on any atom is 0.191 e. The van der Waals surface area contributed by atoms with Gasteiger partial charge in [0.05, 0.1) is 11.1 Å². The molecule has 132 valence electrons. The zero-order chi connectivity index (χ0) is 17.6. The minimum atomic E-state index is 0.149. The van der Waals surface area contributed by atoms with Crippen molar-refractivity contribution in [3.63, 3.8) is 0 Å². The first-order valence-corrected chi connectivity index (χ1v) is 8.65. The summed E-state index contributed by atoms with van der Waals surface area (Å²) in [6.45, 7) is 3.75. The summed E-state index contributed by atoms with van der Waals surface area (Å²) in [4.78, 5) is 4.28. The van der Waals surface area contributed by atoms with Crippen LogP contribution in [0.4, 0.5) is 0 Å². The van der Waals surface area contributed by atoms with Gasteiger partial charge in [0.2, 0.25) is 0 Å². The molecular weight excluding hydrogens is 338 g/mol. The Morgan fingerprint density at radius 1 is 1.20 bits per heavy atom. The number of guanidine groups is 1. The first-order chi connectivity index (χ1) is 12.2. The number of hydrogen-bond acceptors (Lipinski definition) is 3. The highest BCUT2D eigenvalue weighted by molar-refractivity contribution is 6.32. The van der Waals surface area contributed by atoms with Crippen molar-refractivity contribution in [1.82, 2.24) is 10.6 Å². The highest BCUT2D eigenvalue weighted by Crippen LogP contribution is 2.38. The first-order valence-electron chi connectivity index (χ1n) is 8.27. The Balaban J connectivity index is 1.63. The summed E-state index contributed by atoms with van der Waals surface area (Å²) >= 11 is 6.28. The number of halogens is 1. The van der Waals surface area contributed by atoms with Gasteiger partial charge >= 0.3 is 0 Å². The third-order valence-corrected chi connectivity index (χ3v) is 4.27. The molecule has 1 heterocycles. The molecule has 1 unspecified atom stereocenters. The molecule has 0 saturated carbocycles. The molecule has 3 rings (SSSR count). The average molecular weight is 360 g/mol. The lowest BCUT2D eigenvalue weighted by atomic mass is 10.1. The molecule has 0 aromatic heterocycles. The lowest BCUT2D eigenvalue weighted by Crippen LogP contribution is -2.38. The van der Waals surface area contributed by atoms with Crippen molar-refractivity contribution in [2.75, 3.05) is 20.3 Å². The predicted molar refractivity (Wildman–Crippen MR) is 101 cm³/mol. The van der Waals surface area contributed by atoms with Crippen molar-refractivity contribution < 1.29 is 9.47 Å². The van der Waals surface area contributed by atoms with Crippen molar-refractivity contribution in [3.05, 3.63) is 58.6 Å². The van der Waals surface area contributed by atoms with Gasteiger partial charge in [-0.2, -0.15) is 0 Å². The van der Waals surface area contributed by atoms with E-state index in [0.29, 0.717) is 36.3 Å². The molecule has 5 nitrogen and oxygen atoms in total. The number of ether oxygens (including phenoxy) is 2. The van der Waals surface area contributed by atoms with E-state index in [-0.39, 0.29) is 6.04 Å². The van der Waals surface area contributed by atoms with Crippen LogP contribution in [0.5, 0.6) is 11.5 Å². The van der Waals surface area contributed by atoms with E-state index in [2.05, 4.69) is 34.7 Å². The van der Waals surface area contributed by atoms with Crippen LogP contribution in [-0.4, -0.2) is 26.2 Å². The van der Waals surface area contributed by atoms with Crippen LogP contribution < -0.4 is 20.1 Å². The smallest absolute Gasteiger partial charge is 0.191 e. The van der Waals surface area contributed by atoms with Gasteiger partial charge in [-0.3, -0.25) is 4.99 Å². The molecule has 2 aromatic rings. The molecule has 0 spiro atoms. The number of fused-ring (bicyclic) bond motifs is 1. The number of nitrogens with zero attached hydrogens (tertiary/aromatic N) is 1. The second-order valence-corrected chi connectivity index (χ2v) is 6.21. The fraction of sp³-hybridized carbons (Fsp3) is 0.316. The summed E-state index contributed by atoms with van der Waals surface area (Å²) in [5.41, 5.74) is 2.21. The lowest BCUT2D eigenvalue weighted by Gasteiger charge is -2.21. The van der Waals surface area contributed by atoms with Crippen molar-refractivity contribution in [2.24, 2.45) is 4.99 Å². The normalized spacial score (nSPS) is 14.8. The molecule has 0 aliphatic carbocycles. The van der Waals surface area contributed by atoms with Gasteiger partial charge in [-0.05, 0) is 30.2 Å². The van der Waals surface area contributed by atoms with E-state index in [1.54, 1.807) is 7.05 Å². The van der Waals surface area contributed by atoms with Gasteiger partial charge in [-0.1, -0.05) is 41.9 Å². The minimum Gasteiger partial charge on any atom is -0.486 e.